The first kappa shape index (κ1) is 18.6. The zero-order valence-electron chi connectivity index (χ0n) is 15.3. The van der Waals surface area contributed by atoms with Gasteiger partial charge in [0.15, 0.2) is 11.5 Å². The molecule has 1 atom stereocenters. The summed E-state index contributed by atoms with van der Waals surface area (Å²) in [6.07, 6.45) is 3.20. The number of para-hydroxylation sites is 2. The van der Waals surface area contributed by atoms with Crippen LogP contribution in [-0.2, 0) is 6.54 Å². The number of rotatable bonds is 8. The number of hydrogen-bond acceptors (Lipinski definition) is 6. The lowest BCUT2D eigenvalue weighted by molar-refractivity contribution is 0.0440. The number of benzene rings is 1. The Morgan fingerprint density at radius 2 is 1.77 bits per heavy atom. The molecule has 0 spiro atoms. The van der Waals surface area contributed by atoms with Crippen molar-refractivity contribution in [3.63, 3.8) is 0 Å². The molecule has 0 radical (unpaired) electrons. The molecule has 0 bridgehead atoms. The van der Waals surface area contributed by atoms with Crippen molar-refractivity contribution in [1.82, 2.24) is 14.8 Å². The minimum absolute atomic E-state index is 0.260. The maximum atomic E-state index is 10.3. The molecule has 1 aromatic heterocycles. The largest absolute Gasteiger partial charge is 0.493 e. The van der Waals surface area contributed by atoms with E-state index in [1.54, 1.807) is 13.3 Å². The Kier molecular flexibility index (Phi) is 6.82. The predicted molar refractivity (Wildman–Crippen MR) is 100 cm³/mol. The minimum atomic E-state index is -0.523. The van der Waals surface area contributed by atoms with Gasteiger partial charge in [0.25, 0.3) is 0 Å². The highest BCUT2D eigenvalue weighted by molar-refractivity contribution is 5.39. The van der Waals surface area contributed by atoms with Crippen molar-refractivity contribution in [3.8, 4) is 11.5 Å². The Morgan fingerprint density at radius 3 is 2.46 bits per heavy atom. The maximum absolute atomic E-state index is 10.3. The van der Waals surface area contributed by atoms with Crippen LogP contribution in [0.25, 0.3) is 0 Å². The number of aromatic nitrogens is 1. The molecule has 0 unspecified atom stereocenters. The third kappa shape index (κ3) is 5.42. The highest BCUT2D eigenvalue weighted by Crippen LogP contribution is 2.25. The molecule has 1 fully saturated rings. The van der Waals surface area contributed by atoms with E-state index in [2.05, 4.69) is 20.9 Å². The van der Waals surface area contributed by atoms with E-state index in [0.717, 1.165) is 32.7 Å². The second-order valence-electron chi connectivity index (χ2n) is 6.55. The molecule has 0 aliphatic carbocycles. The summed E-state index contributed by atoms with van der Waals surface area (Å²) in [5.41, 5.74) is 1.24. The smallest absolute Gasteiger partial charge is 0.161 e. The molecular formula is C20H27N3O3. The van der Waals surface area contributed by atoms with Crippen LogP contribution in [0, 0.1) is 0 Å². The van der Waals surface area contributed by atoms with Crippen LogP contribution in [-0.4, -0.2) is 72.4 Å². The molecule has 140 valence electrons. The number of ether oxygens (including phenoxy) is 2. The Labute approximate surface area is 155 Å². The topological polar surface area (TPSA) is 58.1 Å². The van der Waals surface area contributed by atoms with Gasteiger partial charge in [-0.15, -0.1) is 0 Å². The fourth-order valence-electron chi connectivity index (χ4n) is 3.15. The third-order valence-corrected chi connectivity index (χ3v) is 4.56. The molecule has 1 aliphatic heterocycles. The highest BCUT2D eigenvalue weighted by Gasteiger charge is 2.20. The molecule has 2 heterocycles. The van der Waals surface area contributed by atoms with Crippen molar-refractivity contribution >= 4 is 0 Å². The van der Waals surface area contributed by atoms with Crippen molar-refractivity contribution in [2.24, 2.45) is 0 Å². The lowest BCUT2D eigenvalue weighted by Gasteiger charge is -2.35. The monoisotopic (exact) mass is 357 g/mol. The van der Waals surface area contributed by atoms with Gasteiger partial charge < -0.3 is 14.6 Å². The zero-order chi connectivity index (χ0) is 18.2. The fourth-order valence-corrected chi connectivity index (χ4v) is 3.15. The predicted octanol–water partition coefficient (Wildman–Crippen LogP) is 1.65. The number of aliphatic hydroxyl groups excluding tert-OH is 1. The standard InChI is InChI=1S/C20H27N3O3/c1-25-19-6-2-3-7-20(19)26-16-18(24)15-23-11-9-22(10-12-23)14-17-5-4-8-21-13-17/h2-8,13,18,24H,9-12,14-16H2,1H3/t18-/m0/s1. The van der Waals surface area contributed by atoms with Gasteiger partial charge in [0.1, 0.15) is 12.7 Å². The first-order valence-electron chi connectivity index (χ1n) is 9.02. The van der Waals surface area contributed by atoms with Crippen LogP contribution >= 0.6 is 0 Å². The fraction of sp³-hybridized carbons (Fsp3) is 0.450. The molecule has 1 N–H and O–H groups in total. The van der Waals surface area contributed by atoms with Gasteiger partial charge in [0, 0.05) is 51.7 Å². The molecule has 1 saturated heterocycles. The Hall–Kier alpha value is -2.15. The van der Waals surface area contributed by atoms with Crippen molar-refractivity contribution in [1.29, 1.82) is 0 Å². The van der Waals surface area contributed by atoms with Gasteiger partial charge in [-0.1, -0.05) is 18.2 Å². The number of hydrogen-bond donors (Lipinski definition) is 1. The van der Waals surface area contributed by atoms with Crippen LogP contribution in [0.15, 0.2) is 48.8 Å². The van der Waals surface area contributed by atoms with Crippen LogP contribution < -0.4 is 9.47 Å². The molecule has 6 heteroatoms. The maximum Gasteiger partial charge on any atom is 0.161 e. The first-order chi connectivity index (χ1) is 12.7. The summed E-state index contributed by atoms with van der Waals surface area (Å²) < 4.78 is 11.0. The molecule has 0 amide bonds. The highest BCUT2D eigenvalue weighted by atomic mass is 16.5. The third-order valence-electron chi connectivity index (χ3n) is 4.56. The molecule has 6 nitrogen and oxygen atoms in total. The summed E-state index contributed by atoms with van der Waals surface area (Å²) in [5, 5.41) is 10.3. The normalized spacial score (nSPS) is 17.0. The van der Waals surface area contributed by atoms with Crippen molar-refractivity contribution in [2.45, 2.75) is 12.6 Å². The quantitative estimate of drug-likeness (QED) is 0.775. The molecule has 0 saturated carbocycles. The first-order valence-corrected chi connectivity index (χ1v) is 9.02. The van der Waals surface area contributed by atoms with E-state index in [-0.39, 0.29) is 6.61 Å². The van der Waals surface area contributed by atoms with Crippen LogP contribution in [0.4, 0.5) is 0 Å². The number of pyridine rings is 1. The summed E-state index contributed by atoms with van der Waals surface area (Å²) in [6, 6.07) is 11.6. The number of aliphatic hydroxyl groups is 1. The zero-order valence-corrected chi connectivity index (χ0v) is 15.3. The lowest BCUT2D eigenvalue weighted by atomic mass is 10.2. The Bertz CT molecular complexity index is 660. The van der Waals surface area contributed by atoms with E-state index in [4.69, 9.17) is 9.47 Å². The second kappa shape index (κ2) is 9.52. The molecule has 1 aliphatic rings. The summed E-state index contributed by atoms with van der Waals surface area (Å²) in [7, 11) is 1.61. The van der Waals surface area contributed by atoms with Gasteiger partial charge in [-0.3, -0.25) is 14.8 Å². The SMILES string of the molecule is COc1ccccc1OC[C@@H](O)CN1CCN(Cc2cccnc2)CC1. The van der Waals surface area contributed by atoms with Crippen molar-refractivity contribution in [3.05, 3.63) is 54.4 Å². The van der Waals surface area contributed by atoms with Gasteiger partial charge in [-0.25, -0.2) is 0 Å². The number of piperazine rings is 1. The van der Waals surface area contributed by atoms with Gasteiger partial charge >= 0.3 is 0 Å². The molecule has 26 heavy (non-hydrogen) atoms. The number of β-amino-alcohol motifs (C(OH)–C–C–N with tert-alkyl or cyclic N) is 1. The van der Waals surface area contributed by atoms with E-state index in [0.29, 0.717) is 18.0 Å². The van der Waals surface area contributed by atoms with Crippen LogP contribution in [0.3, 0.4) is 0 Å². The molecule has 2 aromatic rings. The summed E-state index contributed by atoms with van der Waals surface area (Å²) in [6.45, 7) is 5.70. The van der Waals surface area contributed by atoms with Gasteiger partial charge in [-0.05, 0) is 23.8 Å². The van der Waals surface area contributed by atoms with Crippen LogP contribution in [0.2, 0.25) is 0 Å². The average Bonchev–Trinajstić information content (AvgIpc) is 2.69. The van der Waals surface area contributed by atoms with Crippen molar-refractivity contribution in [2.75, 3.05) is 46.4 Å². The van der Waals surface area contributed by atoms with Crippen LogP contribution in [0.5, 0.6) is 11.5 Å². The summed E-state index contributed by atoms with van der Waals surface area (Å²) >= 11 is 0. The van der Waals surface area contributed by atoms with E-state index in [1.807, 2.05) is 36.5 Å². The van der Waals surface area contributed by atoms with Crippen LogP contribution in [0.1, 0.15) is 5.56 Å². The Balaban J connectivity index is 1.38. The van der Waals surface area contributed by atoms with E-state index >= 15 is 0 Å². The van der Waals surface area contributed by atoms with E-state index < -0.39 is 6.10 Å². The minimum Gasteiger partial charge on any atom is -0.493 e. The summed E-state index contributed by atoms with van der Waals surface area (Å²) in [4.78, 5) is 8.88. The van der Waals surface area contributed by atoms with Gasteiger partial charge in [0.2, 0.25) is 0 Å². The molecule has 1 aromatic carbocycles. The van der Waals surface area contributed by atoms with Gasteiger partial charge in [-0.2, -0.15) is 0 Å². The van der Waals surface area contributed by atoms with E-state index in [9.17, 15) is 5.11 Å². The summed E-state index contributed by atoms with van der Waals surface area (Å²) in [5.74, 6) is 1.35. The molecular weight excluding hydrogens is 330 g/mol. The second-order valence-corrected chi connectivity index (χ2v) is 6.55. The molecule has 3 rings (SSSR count). The lowest BCUT2D eigenvalue weighted by Crippen LogP contribution is -2.48. The number of methoxy groups -OCH3 is 1. The average molecular weight is 357 g/mol. The Morgan fingerprint density at radius 1 is 1.04 bits per heavy atom. The van der Waals surface area contributed by atoms with Crippen molar-refractivity contribution < 1.29 is 14.6 Å². The van der Waals surface area contributed by atoms with Gasteiger partial charge in [0.05, 0.1) is 7.11 Å². The number of nitrogens with zero attached hydrogens (tertiary/aromatic N) is 3. The van der Waals surface area contributed by atoms with E-state index in [1.165, 1.54) is 5.56 Å².